The van der Waals surface area contributed by atoms with E-state index in [0.29, 0.717) is 4.90 Å². The number of ether oxygens (including phenoxy) is 1. The van der Waals surface area contributed by atoms with Gasteiger partial charge in [-0.3, -0.25) is 19.3 Å². The second kappa shape index (κ2) is 7.94. The molecule has 1 aliphatic rings. The van der Waals surface area contributed by atoms with E-state index in [0.717, 1.165) is 16.7 Å². The van der Waals surface area contributed by atoms with E-state index >= 15 is 0 Å². The Kier molecular flexibility index (Phi) is 5.42. The van der Waals surface area contributed by atoms with Gasteiger partial charge in [-0.2, -0.15) is 5.26 Å². The molecule has 0 radical (unpaired) electrons. The van der Waals surface area contributed by atoms with Crippen LogP contribution in [0.15, 0.2) is 47.4 Å². The lowest BCUT2D eigenvalue weighted by atomic mass is 10.1. The molecular weight excluding hydrogens is 382 g/mol. The van der Waals surface area contributed by atoms with Gasteiger partial charge in [0.05, 0.1) is 29.5 Å². The van der Waals surface area contributed by atoms with E-state index in [2.05, 4.69) is 5.32 Å². The Balaban J connectivity index is 1.79. The second-order valence-corrected chi connectivity index (χ2v) is 6.54. The molecule has 0 saturated heterocycles. The maximum atomic E-state index is 12.4. The predicted octanol–water partition coefficient (Wildman–Crippen LogP) is 2.28. The van der Waals surface area contributed by atoms with Crippen LogP contribution in [0.5, 0.6) is 0 Å². The van der Waals surface area contributed by atoms with Crippen LogP contribution in [0.25, 0.3) is 0 Å². The number of methoxy groups -OCH3 is 1. The summed E-state index contributed by atoms with van der Waals surface area (Å²) in [5.41, 5.74) is 0.691. The van der Waals surface area contributed by atoms with Gasteiger partial charge in [0.1, 0.15) is 11.9 Å². The molecule has 0 saturated carbocycles. The number of carbonyl (C=O) groups is 4. The molecule has 3 rings (SSSR count). The molecule has 0 spiro atoms. The molecule has 3 amide bonds. The van der Waals surface area contributed by atoms with Crippen molar-refractivity contribution in [3.63, 3.8) is 0 Å². The van der Waals surface area contributed by atoms with E-state index in [1.165, 1.54) is 31.4 Å². The number of rotatable bonds is 5. The summed E-state index contributed by atoms with van der Waals surface area (Å²) in [5, 5.41) is 13.2. The first-order valence-corrected chi connectivity index (χ1v) is 8.81. The number of thioether (sulfide) groups is 1. The van der Waals surface area contributed by atoms with Crippen LogP contribution in [-0.4, -0.2) is 42.2 Å². The zero-order valence-electron chi connectivity index (χ0n) is 14.6. The van der Waals surface area contributed by atoms with Gasteiger partial charge in [0, 0.05) is 4.90 Å². The second-order valence-electron chi connectivity index (χ2n) is 5.68. The summed E-state index contributed by atoms with van der Waals surface area (Å²) in [5.74, 6) is -2.45. The molecule has 2 aromatic carbocycles. The number of nitriles is 1. The third kappa shape index (κ3) is 3.58. The SMILES string of the molecule is COC(=O)c1cc(SC#N)ccc1NC(=O)CN1C(=O)c2ccccc2C1=O. The lowest BCUT2D eigenvalue weighted by molar-refractivity contribution is -0.116. The minimum Gasteiger partial charge on any atom is -0.465 e. The van der Waals surface area contributed by atoms with Crippen molar-refractivity contribution in [2.75, 3.05) is 19.0 Å². The number of amides is 3. The first kappa shape index (κ1) is 19.1. The minimum atomic E-state index is -0.698. The molecule has 8 nitrogen and oxygen atoms in total. The smallest absolute Gasteiger partial charge is 0.340 e. The lowest BCUT2D eigenvalue weighted by Crippen LogP contribution is -2.37. The molecule has 1 aliphatic heterocycles. The van der Waals surface area contributed by atoms with Gasteiger partial charge in [0.25, 0.3) is 11.8 Å². The average molecular weight is 395 g/mol. The number of imide groups is 1. The highest BCUT2D eigenvalue weighted by Gasteiger charge is 2.36. The third-order valence-corrected chi connectivity index (χ3v) is 4.59. The molecule has 9 heteroatoms. The van der Waals surface area contributed by atoms with Crippen LogP contribution in [0, 0.1) is 10.7 Å². The molecule has 0 atom stereocenters. The van der Waals surface area contributed by atoms with E-state index < -0.39 is 30.2 Å². The molecule has 140 valence electrons. The van der Waals surface area contributed by atoms with E-state index in [4.69, 9.17) is 10.00 Å². The highest BCUT2D eigenvalue weighted by Crippen LogP contribution is 2.26. The summed E-state index contributed by atoms with van der Waals surface area (Å²) >= 11 is 0.852. The largest absolute Gasteiger partial charge is 0.465 e. The van der Waals surface area contributed by atoms with E-state index in [-0.39, 0.29) is 22.4 Å². The summed E-state index contributed by atoms with van der Waals surface area (Å²) in [6.45, 7) is -0.498. The van der Waals surface area contributed by atoms with Gasteiger partial charge in [-0.25, -0.2) is 4.79 Å². The minimum absolute atomic E-state index is 0.0541. The number of fused-ring (bicyclic) bond motifs is 1. The molecule has 1 heterocycles. The Bertz CT molecular complexity index is 1010. The van der Waals surface area contributed by atoms with Crippen molar-refractivity contribution < 1.29 is 23.9 Å². The average Bonchev–Trinajstić information content (AvgIpc) is 2.94. The van der Waals surface area contributed by atoms with Crippen molar-refractivity contribution in [2.45, 2.75) is 4.90 Å². The Morgan fingerprint density at radius 1 is 1.14 bits per heavy atom. The van der Waals surface area contributed by atoms with Gasteiger partial charge >= 0.3 is 5.97 Å². The summed E-state index contributed by atoms with van der Waals surface area (Å²) in [6.07, 6.45) is 0. The number of esters is 1. The third-order valence-electron chi connectivity index (χ3n) is 4.01. The van der Waals surface area contributed by atoms with Crippen molar-refractivity contribution in [1.82, 2.24) is 4.90 Å². The van der Waals surface area contributed by atoms with Gasteiger partial charge in [-0.15, -0.1) is 0 Å². The fourth-order valence-electron chi connectivity index (χ4n) is 2.74. The molecule has 0 aromatic heterocycles. The number of thiocyanates is 1. The highest BCUT2D eigenvalue weighted by molar-refractivity contribution is 8.03. The van der Waals surface area contributed by atoms with Gasteiger partial charge < -0.3 is 10.1 Å². The number of carbonyl (C=O) groups excluding carboxylic acids is 4. The Hall–Kier alpha value is -3.64. The summed E-state index contributed by atoms with van der Waals surface area (Å²) in [6, 6.07) is 10.7. The Labute approximate surface area is 164 Å². The monoisotopic (exact) mass is 395 g/mol. The van der Waals surface area contributed by atoms with Crippen molar-refractivity contribution >= 4 is 41.1 Å². The van der Waals surface area contributed by atoms with E-state index in [1.807, 2.05) is 5.40 Å². The van der Waals surface area contributed by atoms with Crippen molar-refractivity contribution in [3.05, 3.63) is 59.2 Å². The fourth-order valence-corrected chi connectivity index (χ4v) is 3.16. The summed E-state index contributed by atoms with van der Waals surface area (Å²) in [4.78, 5) is 50.5. The predicted molar refractivity (Wildman–Crippen MR) is 99.7 cm³/mol. The summed E-state index contributed by atoms with van der Waals surface area (Å²) in [7, 11) is 1.19. The van der Waals surface area contributed by atoms with Crippen molar-refractivity contribution in [2.24, 2.45) is 0 Å². The number of anilines is 1. The fraction of sp³-hybridized carbons (Fsp3) is 0.105. The van der Waals surface area contributed by atoms with Crippen LogP contribution >= 0.6 is 11.8 Å². The Morgan fingerprint density at radius 2 is 1.79 bits per heavy atom. The van der Waals surface area contributed by atoms with Crippen LogP contribution in [0.4, 0.5) is 5.69 Å². The molecule has 0 bridgehead atoms. The standard InChI is InChI=1S/C19H13N3O5S/c1-27-19(26)14-8-11(28-10-20)6-7-15(14)21-16(23)9-22-17(24)12-4-2-3-5-13(12)18(22)25/h2-8H,9H2,1H3,(H,21,23). The highest BCUT2D eigenvalue weighted by atomic mass is 32.2. The zero-order chi connectivity index (χ0) is 20.3. The number of hydrogen-bond acceptors (Lipinski definition) is 7. The van der Waals surface area contributed by atoms with Crippen LogP contribution in [0.2, 0.25) is 0 Å². The number of nitrogens with one attached hydrogen (secondary N) is 1. The van der Waals surface area contributed by atoms with Crippen LogP contribution < -0.4 is 5.32 Å². The molecular formula is C19H13N3O5S. The number of hydrogen-bond donors (Lipinski definition) is 1. The first-order chi connectivity index (χ1) is 13.5. The van der Waals surface area contributed by atoms with Gasteiger partial charge in [0.2, 0.25) is 5.91 Å². The van der Waals surface area contributed by atoms with Crippen LogP contribution in [-0.2, 0) is 9.53 Å². The van der Waals surface area contributed by atoms with E-state index in [1.54, 1.807) is 18.2 Å². The Morgan fingerprint density at radius 3 is 2.36 bits per heavy atom. The summed E-state index contributed by atoms with van der Waals surface area (Å²) < 4.78 is 4.70. The zero-order valence-corrected chi connectivity index (χ0v) is 15.4. The van der Waals surface area contributed by atoms with Crippen LogP contribution in [0.3, 0.4) is 0 Å². The van der Waals surface area contributed by atoms with E-state index in [9.17, 15) is 19.2 Å². The number of nitrogens with zero attached hydrogens (tertiary/aromatic N) is 2. The number of benzene rings is 2. The molecule has 0 fully saturated rings. The quantitative estimate of drug-likeness (QED) is 0.357. The topological polar surface area (TPSA) is 117 Å². The lowest BCUT2D eigenvalue weighted by Gasteiger charge is -2.15. The maximum Gasteiger partial charge on any atom is 0.340 e. The van der Waals surface area contributed by atoms with Gasteiger partial charge in [0.15, 0.2) is 0 Å². The molecule has 1 N–H and O–H groups in total. The normalized spacial score (nSPS) is 12.4. The van der Waals surface area contributed by atoms with Crippen molar-refractivity contribution in [1.29, 1.82) is 5.26 Å². The van der Waals surface area contributed by atoms with Gasteiger partial charge in [-0.05, 0) is 42.1 Å². The molecule has 2 aromatic rings. The molecule has 0 unspecified atom stereocenters. The van der Waals surface area contributed by atoms with Gasteiger partial charge in [-0.1, -0.05) is 12.1 Å². The van der Waals surface area contributed by atoms with Crippen LogP contribution in [0.1, 0.15) is 31.1 Å². The first-order valence-electron chi connectivity index (χ1n) is 7.99. The van der Waals surface area contributed by atoms with Crippen molar-refractivity contribution in [3.8, 4) is 5.40 Å². The molecule has 28 heavy (non-hydrogen) atoms. The molecule has 0 aliphatic carbocycles. The maximum absolute atomic E-state index is 12.4.